The third kappa shape index (κ3) is 4.77. The molecule has 9 heteroatoms. The molecule has 1 saturated heterocycles. The maximum absolute atomic E-state index is 12.7. The second kappa shape index (κ2) is 9.64. The number of nitrogens with zero attached hydrogens (tertiary/aromatic N) is 1. The molecule has 2 N–H and O–H groups in total. The number of aliphatic hydroxyl groups excluding tert-OH is 1. The molecule has 0 bridgehead atoms. The number of fused-ring (bicyclic) bond motifs is 1. The first kappa shape index (κ1) is 22.2. The Morgan fingerprint density at radius 2 is 1.70 bits per heavy atom. The van der Waals surface area contributed by atoms with Crippen molar-refractivity contribution >= 4 is 18.0 Å². The highest BCUT2D eigenvalue weighted by Gasteiger charge is 2.54. The van der Waals surface area contributed by atoms with Gasteiger partial charge in [0, 0.05) is 6.42 Å². The monoisotopic (exact) mass is 452 g/mol. The molecule has 9 nitrogen and oxygen atoms in total. The van der Waals surface area contributed by atoms with Crippen molar-refractivity contribution in [1.82, 2.24) is 10.2 Å². The van der Waals surface area contributed by atoms with Gasteiger partial charge in [0.15, 0.2) is 5.70 Å². The van der Waals surface area contributed by atoms with Crippen LogP contribution in [0, 0.1) is 0 Å². The van der Waals surface area contributed by atoms with Gasteiger partial charge >= 0.3 is 12.1 Å². The molecule has 0 radical (unpaired) electrons. The number of esters is 1. The van der Waals surface area contributed by atoms with Crippen LogP contribution in [0.1, 0.15) is 24.0 Å². The SMILES string of the molecule is COc1ccc(COC(=O)C2=C(O)CCC3C(NC(=O)OCc4ccccc4)C(=O)N23)cc1. The number of methoxy groups -OCH3 is 1. The number of β-lactam (4-membered cyclic amide) rings is 1. The Hall–Kier alpha value is -4.01. The van der Waals surface area contributed by atoms with Crippen LogP contribution in [0.25, 0.3) is 0 Å². The van der Waals surface area contributed by atoms with Crippen LogP contribution in [-0.2, 0) is 32.3 Å². The molecule has 33 heavy (non-hydrogen) atoms. The van der Waals surface area contributed by atoms with Crippen LogP contribution >= 0.6 is 0 Å². The van der Waals surface area contributed by atoms with E-state index in [0.29, 0.717) is 12.2 Å². The molecule has 2 aromatic carbocycles. The molecule has 2 heterocycles. The minimum Gasteiger partial charge on any atom is -0.510 e. The van der Waals surface area contributed by atoms with E-state index in [9.17, 15) is 19.5 Å². The topological polar surface area (TPSA) is 114 Å². The lowest BCUT2D eigenvalue weighted by Gasteiger charge is -2.49. The Bertz CT molecular complexity index is 1070. The van der Waals surface area contributed by atoms with Crippen molar-refractivity contribution in [3.8, 4) is 5.75 Å². The Morgan fingerprint density at radius 3 is 2.39 bits per heavy atom. The molecule has 4 rings (SSSR count). The summed E-state index contributed by atoms with van der Waals surface area (Å²) in [5.74, 6) is -0.831. The molecule has 0 aromatic heterocycles. The van der Waals surface area contributed by atoms with Gasteiger partial charge in [0.1, 0.15) is 30.8 Å². The number of carbonyl (C=O) groups excluding carboxylic acids is 3. The van der Waals surface area contributed by atoms with E-state index in [1.165, 1.54) is 4.90 Å². The quantitative estimate of drug-likeness (QED) is 0.490. The summed E-state index contributed by atoms with van der Waals surface area (Å²) in [5, 5.41) is 12.8. The smallest absolute Gasteiger partial charge is 0.408 e. The van der Waals surface area contributed by atoms with Gasteiger partial charge in [-0.3, -0.25) is 9.69 Å². The molecule has 1 fully saturated rings. The van der Waals surface area contributed by atoms with Crippen molar-refractivity contribution in [2.24, 2.45) is 0 Å². The van der Waals surface area contributed by atoms with E-state index < -0.39 is 30.1 Å². The van der Waals surface area contributed by atoms with E-state index in [2.05, 4.69) is 5.32 Å². The van der Waals surface area contributed by atoms with E-state index >= 15 is 0 Å². The summed E-state index contributed by atoms with van der Waals surface area (Å²) in [6.07, 6.45) is -0.131. The molecule has 2 aliphatic heterocycles. The predicted octanol–water partition coefficient (Wildman–Crippen LogP) is 2.81. The lowest BCUT2D eigenvalue weighted by molar-refractivity contribution is -0.157. The average molecular weight is 452 g/mol. The summed E-state index contributed by atoms with van der Waals surface area (Å²) in [7, 11) is 1.55. The Kier molecular flexibility index (Phi) is 6.48. The molecule has 2 atom stereocenters. The van der Waals surface area contributed by atoms with Crippen molar-refractivity contribution in [3.63, 3.8) is 0 Å². The minimum atomic E-state index is -0.828. The Morgan fingerprint density at radius 1 is 1.03 bits per heavy atom. The molecule has 172 valence electrons. The van der Waals surface area contributed by atoms with Gasteiger partial charge in [-0.25, -0.2) is 9.59 Å². The number of rotatable bonds is 7. The number of allylic oxidation sites excluding steroid dienone is 1. The third-order valence-corrected chi connectivity index (χ3v) is 5.62. The Balaban J connectivity index is 1.34. The van der Waals surface area contributed by atoms with Crippen molar-refractivity contribution in [2.75, 3.05) is 7.11 Å². The van der Waals surface area contributed by atoms with Gasteiger partial charge in [0.2, 0.25) is 0 Å². The molecule has 0 saturated carbocycles. The third-order valence-electron chi connectivity index (χ3n) is 5.62. The van der Waals surface area contributed by atoms with Gasteiger partial charge in [-0.2, -0.15) is 0 Å². The molecule has 2 aliphatic rings. The van der Waals surface area contributed by atoms with Crippen LogP contribution in [-0.4, -0.2) is 47.2 Å². The molecular weight excluding hydrogens is 428 g/mol. The van der Waals surface area contributed by atoms with Gasteiger partial charge in [-0.15, -0.1) is 0 Å². The summed E-state index contributed by atoms with van der Waals surface area (Å²) in [4.78, 5) is 38.7. The summed E-state index contributed by atoms with van der Waals surface area (Å²) in [5.41, 5.74) is 1.37. The molecular formula is C24H24N2O7. The van der Waals surface area contributed by atoms with Gasteiger partial charge < -0.3 is 24.6 Å². The first-order valence-corrected chi connectivity index (χ1v) is 10.5. The fraction of sp³-hybridized carbons (Fsp3) is 0.292. The van der Waals surface area contributed by atoms with E-state index in [4.69, 9.17) is 14.2 Å². The summed E-state index contributed by atoms with van der Waals surface area (Å²) < 4.78 is 15.6. The normalized spacial score (nSPS) is 19.3. The number of ether oxygens (including phenoxy) is 3. The number of hydrogen-bond donors (Lipinski definition) is 2. The average Bonchev–Trinajstić information content (AvgIpc) is 2.85. The number of nitrogens with one attached hydrogen (secondary N) is 1. The molecule has 2 amide bonds. The van der Waals surface area contributed by atoms with Crippen molar-refractivity contribution < 1.29 is 33.7 Å². The van der Waals surface area contributed by atoms with E-state index in [1.54, 1.807) is 31.4 Å². The zero-order chi connectivity index (χ0) is 23.4. The fourth-order valence-corrected chi connectivity index (χ4v) is 3.86. The van der Waals surface area contributed by atoms with Crippen LogP contribution in [0.4, 0.5) is 4.79 Å². The van der Waals surface area contributed by atoms with E-state index in [0.717, 1.165) is 11.1 Å². The number of alkyl carbamates (subject to hydrolysis) is 1. The lowest BCUT2D eigenvalue weighted by atomic mass is 9.86. The second-order valence-electron chi connectivity index (χ2n) is 7.72. The van der Waals surface area contributed by atoms with Gasteiger partial charge in [-0.05, 0) is 29.7 Å². The largest absolute Gasteiger partial charge is 0.510 e. The Labute approximate surface area is 190 Å². The van der Waals surface area contributed by atoms with Crippen LogP contribution in [0.5, 0.6) is 5.75 Å². The maximum atomic E-state index is 12.7. The lowest BCUT2D eigenvalue weighted by Crippen LogP contribution is -2.71. The van der Waals surface area contributed by atoms with Crippen LogP contribution in [0.2, 0.25) is 0 Å². The standard InChI is InChI=1S/C24H24N2O7/c1-31-17-9-7-16(8-10-17)13-32-23(29)21-19(27)12-11-18-20(22(28)26(18)21)25-24(30)33-14-15-5-3-2-4-6-15/h2-10,18,20,27H,11-14H2,1H3,(H,25,30). The first-order valence-electron chi connectivity index (χ1n) is 10.5. The molecule has 2 unspecified atom stereocenters. The number of benzene rings is 2. The summed E-state index contributed by atoms with van der Waals surface area (Å²) in [6, 6.07) is 14.9. The number of amides is 2. The van der Waals surface area contributed by atoms with Crippen molar-refractivity contribution in [2.45, 2.75) is 38.1 Å². The number of hydrogen-bond acceptors (Lipinski definition) is 7. The highest BCUT2D eigenvalue weighted by Crippen LogP contribution is 2.36. The molecule has 0 aliphatic carbocycles. The van der Waals surface area contributed by atoms with Gasteiger partial charge in [0.05, 0.1) is 13.2 Å². The first-order chi connectivity index (χ1) is 16.0. The van der Waals surface area contributed by atoms with Gasteiger partial charge in [0.25, 0.3) is 5.91 Å². The van der Waals surface area contributed by atoms with E-state index in [1.807, 2.05) is 30.3 Å². The number of aliphatic hydroxyl groups is 1. The van der Waals surface area contributed by atoms with Crippen LogP contribution < -0.4 is 10.1 Å². The summed E-state index contributed by atoms with van der Waals surface area (Å²) >= 11 is 0. The van der Waals surface area contributed by atoms with Crippen LogP contribution in [0.15, 0.2) is 66.1 Å². The van der Waals surface area contributed by atoms with Crippen LogP contribution in [0.3, 0.4) is 0 Å². The number of carbonyl (C=O) groups is 3. The molecule has 2 aromatic rings. The zero-order valence-electron chi connectivity index (χ0n) is 18.0. The van der Waals surface area contributed by atoms with Crippen molar-refractivity contribution in [3.05, 3.63) is 77.2 Å². The predicted molar refractivity (Wildman–Crippen MR) is 116 cm³/mol. The zero-order valence-corrected chi connectivity index (χ0v) is 18.0. The van der Waals surface area contributed by atoms with E-state index in [-0.39, 0.29) is 31.1 Å². The molecule has 0 spiro atoms. The summed E-state index contributed by atoms with van der Waals surface area (Å²) in [6.45, 7) is 0.0470. The second-order valence-corrected chi connectivity index (χ2v) is 7.72. The highest BCUT2D eigenvalue weighted by molar-refractivity contribution is 6.01. The van der Waals surface area contributed by atoms with Crippen molar-refractivity contribution in [1.29, 1.82) is 0 Å². The highest BCUT2D eigenvalue weighted by atomic mass is 16.5. The fourth-order valence-electron chi connectivity index (χ4n) is 3.86. The maximum Gasteiger partial charge on any atom is 0.408 e. The van der Waals surface area contributed by atoms with Gasteiger partial charge in [-0.1, -0.05) is 42.5 Å². The minimum absolute atomic E-state index is 0.0280.